The number of aliphatic carboxylic acids is 1. The first kappa shape index (κ1) is 24.8. The van der Waals surface area contributed by atoms with Gasteiger partial charge in [-0.2, -0.15) is 0 Å². The van der Waals surface area contributed by atoms with Crippen molar-refractivity contribution >= 4 is 18.0 Å². The molecule has 7 nitrogen and oxygen atoms in total. The Morgan fingerprint density at radius 1 is 0.971 bits per heavy atom. The van der Waals surface area contributed by atoms with Crippen LogP contribution in [0.15, 0.2) is 48.5 Å². The fourth-order valence-corrected chi connectivity index (χ4v) is 5.42. The fourth-order valence-electron chi connectivity index (χ4n) is 5.42. The lowest BCUT2D eigenvalue weighted by molar-refractivity contribution is -0.141. The number of nitrogens with one attached hydrogen (secondary N) is 2. The third kappa shape index (κ3) is 5.66. The summed E-state index contributed by atoms with van der Waals surface area (Å²) in [6.45, 7) is 2.55. The monoisotopic (exact) mass is 478 g/mol. The van der Waals surface area contributed by atoms with E-state index >= 15 is 0 Å². The second kappa shape index (κ2) is 11.4. The van der Waals surface area contributed by atoms with Crippen molar-refractivity contribution in [2.24, 2.45) is 17.8 Å². The highest BCUT2D eigenvalue weighted by Crippen LogP contribution is 2.44. The summed E-state index contributed by atoms with van der Waals surface area (Å²) >= 11 is 0. The number of carbonyl (C=O) groups is 3. The van der Waals surface area contributed by atoms with Gasteiger partial charge in [-0.05, 0) is 47.4 Å². The maximum atomic E-state index is 12.8. The minimum Gasteiger partial charge on any atom is -0.481 e. The average Bonchev–Trinajstić information content (AvgIpc) is 3.20. The van der Waals surface area contributed by atoms with Crippen molar-refractivity contribution in [2.45, 2.75) is 44.9 Å². The lowest BCUT2D eigenvalue weighted by atomic mass is 9.78. The highest BCUT2D eigenvalue weighted by atomic mass is 16.5. The summed E-state index contributed by atoms with van der Waals surface area (Å²) in [5.74, 6) is -1.83. The zero-order chi connectivity index (χ0) is 24.8. The molecule has 35 heavy (non-hydrogen) atoms. The number of ether oxygens (including phenoxy) is 1. The van der Waals surface area contributed by atoms with Gasteiger partial charge in [0.05, 0.1) is 5.92 Å². The van der Waals surface area contributed by atoms with E-state index in [4.69, 9.17) is 4.74 Å². The molecule has 1 fully saturated rings. The number of rotatable bonds is 9. The van der Waals surface area contributed by atoms with Crippen molar-refractivity contribution in [1.29, 1.82) is 0 Å². The van der Waals surface area contributed by atoms with Crippen molar-refractivity contribution in [2.75, 3.05) is 19.7 Å². The standard InChI is InChI=1S/C28H34N2O5/c1-2-18(27(32)33)15-29-26(31)20-10-4-3-9-19(20)16-30-28(34)35-17-25-23-13-7-5-11-21(23)22-12-6-8-14-24(22)25/h5-8,11-14,18-20,25H,2-4,9-10,15-17H2,1H3,(H,29,31)(H,30,34)(H,32,33)/t18?,19-,20-/m0/s1. The van der Waals surface area contributed by atoms with E-state index in [1.54, 1.807) is 6.92 Å². The minimum absolute atomic E-state index is 0.00195. The molecule has 2 aliphatic carbocycles. The SMILES string of the molecule is CCC(CNC(=O)[C@H]1CCCC[C@H]1CNC(=O)OCC1c2ccccc2-c2ccccc21)C(=O)O. The highest BCUT2D eigenvalue weighted by molar-refractivity contribution is 5.80. The highest BCUT2D eigenvalue weighted by Gasteiger charge is 2.32. The first-order valence-electron chi connectivity index (χ1n) is 12.6. The van der Waals surface area contributed by atoms with E-state index in [-0.39, 0.29) is 36.8 Å². The predicted molar refractivity (Wildman–Crippen MR) is 133 cm³/mol. The number of carboxylic acids is 1. The molecule has 2 aromatic carbocycles. The Morgan fingerprint density at radius 2 is 1.60 bits per heavy atom. The van der Waals surface area contributed by atoms with E-state index in [0.29, 0.717) is 13.0 Å². The van der Waals surface area contributed by atoms with E-state index in [9.17, 15) is 19.5 Å². The summed E-state index contributed by atoms with van der Waals surface area (Å²) in [5, 5.41) is 14.9. The van der Waals surface area contributed by atoms with Gasteiger partial charge in [-0.3, -0.25) is 9.59 Å². The number of carbonyl (C=O) groups excluding carboxylic acids is 2. The van der Waals surface area contributed by atoms with Crippen LogP contribution in [-0.2, 0) is 14.3 Å². The number of fused-ring (bicyclic) bond motifs is 3. The molecule has 0 bridgehead atoms. The van der Waals surface area contributed by atoms with E-state index in [1.165, 1.54) is 11.1 Å². The lowest BCUT2D eigenvalue weighted by Gasteiger charge is -2.31. The molecule has 0 saturated heterocycles. The van der Waals surface area contributed by atoms with Crippen LogP contribution in [0, 0.1) is 17.8 Å². The van der Waals surface area contributed by atoms with Gasteiger partial charge < -0.3 is 20.5 Å². The smallest absolute Gasteiger partial charge is 0.407 e. The van der Waals surface area contributed by atoms with Gasteiger partial charge >= 0.3 is 12.1 Å². The second-order valence-electron chi connectivity index (χ2n) is 9.55. The maximum Gasteiger partial charge on any atom is 0.407 e. The summed E-state index contributed by atoms with van der Waals surface area (Å²) < 4.78 is 5.63. The van der Waals surface area contributed by atoms with Gasteiger partial charge in [0, 0.05) is 24.9 Å². The predicted octanol–water partition coefficient (Wildman–Crippen LogP) is 4.56. The molecule has 0 heterocycles. The van der Waals surface area contributed by atoms with Crippen LogP contribution in [0.1, 0.15) is 56.1 Å². The van der Waals surface area contributed by atoms with Crippen LogP contribution in [0.3, 0.4) is 0 Å². The van der Waals surface area contributed by atoms with Crippen LogP contribution in [0.5, 0.6) is 0 Å². The molecule has 1 unspecified atom stereocenters. The van der Waals surface area contributed by atoms with Crippen molar-refractivity contribution < 1.29 is 24.2 Å². The second-order valence-corrected chi connectivity index (χ2v) is 9.55. The Labute approximate surface area is 206 Å². The van der Waals surface area contributed by atoms with E-state index < -0.39 is 18.0 Å². The number of alkyl carbamates (subject to hydrolysis) is 1. The molecular weight excluding hydrogens is 444 g/mol. The molecule has 0 aromatic heterocycles. The van der Waals surface area contributed by atoms with Crippen molar-refractivity contribution in [1.82, 2.24) is 10.6 Å². The zero-order valence-electron chi connectivity index (χ0n) is 20.2. The van der Waals surface area contributed by atoms with Crippen molar-refractivity contribution in [3.63, 3.8) is 0 Å². The van der Waals surface area contributed by atoms with Crippen LogP contribution in [0.2, 0.25) is 0 Å². The number of hydrogen-bond donors (Lipinski definition) is 3. The summed E-state index contributed by atoms with van der Waals surface area (Å²) in [4.78, 5) is 36.6. The number of carboxylic acid groups (broad SMARTS) is 1. The lowest BCUT2D eigenvalue weighted by Crippen LogP contribution is -2.43. The van der Waals surface area contributed by atoms with E-state index in [1.807, 2.05) is 24.3 Å². The van der Waals surface area contributed by atoms with Gasteiger partial charge in [0.15, 0.2) is 0 Å². The molecule has 1 saturated carbocycles. The summed E-state index contributed by atoms with van der Waals surface area (Å²) in [5.41, 5.74) is 4.69. The molecule has 3 atom stereocenters. The topological polar surface area (TPSA) is 105 Å². The number of benzene rings is 2. The molecule has 3 N–H and O–H groups in total. The molecule has 186 valence electrons. The Kier molecular flexibility index (Phi) is 8.06. The molecule has 0 radical (unpaired) electrons. The Morgan fingerprint density at radius 3 is 2.23 bits per heavy atom. The third-order valence-electron chi connectivity index (χ3n) is 7.46. The molecule has 0 aliphatic heterocycles. The van der Waals surface area contributed by atoms with Crippen molar-refractivity contribution in [3.8, 4) is 11.1 Å². The summed E-state index contributed by atoms with van der Waals surface area (Å²) in [6, 6.07) is 16.4. The summed E-state index contributed by atoms with van der Waals surface area (Å²) in [7, 11) is 0. The molecule has 7 heteroatoms. The molecule has 2 aromatic rings. The normalized spacial score (nSPS) is 19.8. The van der Waals surface area contributed by atoms with E-state index in [2.05, 4.69) is 34.9 Å². The van der Waals surface area contributed by atoms with Crippen LogP contribution < -0.4 is 10.6 Å². The third-order valence-corrected chi connectivity index (χ3v) is 7.46. The largest absolute Gasteiger partial charge is 0.481 e. The molecule has 2 aliphatic rings. The quantitative estimate of drug-likeness (QED) is 0.490. The summed E-state index contributed by atoms with van der Waals surface area (Å²) in [6.07, 6.45) is 3.54. The fraction of sp³-hybridized carbons (Fsp3) is 0.464. The van der Waals surface area contributed by atoms with Gasteiger partial charge in [0.25, 0.3) is 0 Å². The first-order valence-corrected chi connectivity index (χ1v) is 12.6. The van der Waals surface area contributed by atoms with Gasteiger partial charge in [-0.1, -0.05) is 68.3 Å². The molecule has 0 spiro atoms. The van der Waals surface area contributed by atoms with Crippen LogP contribution in [0.4, 0.5) is 4.79 Å². The van der Waals surface area contributed by atoms with Gasteiger partial charge in [0.1, 0.15) is 6.61 Å². The number of hydrogen-bond acceptors (Lipinski definition) is 4. The molecule has 4 rings (SSSR count). The molecular formula is C28H34N2O5. The van der Waals surface area contributed by atoms with Gasteiger partial charge in [-0.25, -0.2) is 4.79 Å². The van der Waals surface area contributed by atoms with Gasteiger partial charge in [0.2, 0.25) is 5.91 Å². The van der Waals surface area contributed by atoms with Crippen LogP contribution in [0.25, 0.3) is 11.1 Å². The van der Waals surface area contributed by atoms with Crippen LogP contribution in [-0.4, -0.2) is 42.8 Å². The average molecular weight is 479 g/mol. The zero-order valence-corrected chi connectivity index (χ0v) is 20.2. The first-order chi connectivity index (χ1) is 17.0. The Hall–Kier alpha value is -3.35. The van der Waals surface area contributed by atoms with Crippen molar-refractivity contribution in [3.05, 3.63) is 59.7 Å². The molecule has 2 amide bonds. The van der Waals surface area contributed by atoms with E-state index in [0.717, 1.165) is 36.8 Å². The number of amides is 2. The minimum atomic E-state index is -0.898. The van der Waals surface area contributed by atoms with Crippen LogP contribution >= 0.6 is 0 Å². The maximum absolute atomic E-state index is 12.8. The Balaban J connectivity index is 1.30. The van der Waals surface area contributed by atoms with Gasteiger partial charge in [-0.15, -0.1) is 0 Å². The Bertz CT molecular complexity index is 1020.